The summed E-state index contributed by atoms with van der Waals surface area (Å²) in [5, 5.41) is 2.46. The topological polar surface area (TPSA) is 50.8 Å². The molecule has 0 aliphatic carbocycles. The molecule has 3 rings (SSSR count). The highest BCUT2D eigenvalue weighted by atomic mass is 79.9. The lowest BCUT2D eigenvalue weighted by Gasteiger charge is -2.46. The van der Waals surface area contributed by atoms with E-state index in [1.165, 1.54) is 17.0 Å². The SMILES string of the molecule is O=C(Nc1cc(Br)ccc1OC(F)(F)F)N1CC2(CCCO2)C1. The molecule has 9 heteroatoms. The van der Waals surface area contributed by atoms with Gasteiger partial charge in [-0.25, -0.2) is 4.79 Å². The fraction of sp³-hybridized carbons (Fsp3) is 0.500. The summed E-state index contributed by atoms with van der Waals surface area (Å²) in [6.07, 6.45) is -2.97. The van der Waals surface area contributed by atoms with Crippen molar-refractivity contribution in [2.75, 3.05) is 25.0 Å². The Labute approximate surface area is 138 Å². The van der Waals surface area contributed by atoms with Gasteiger partial charge in [0.05, 0.1) is 18.8 Å². The molecule has 0 bridgehead atoms. The molecule has 2 heterocycles. The summed E-state index contributed by atoms with van der Waals surface area (Å²) >= 11 is 3.16. The van der Waals surface area contributed by atoms with E-state index in [0.29, 0.717) is 24.2 Å². The molecular weight excluding hydrogens is 381 g/mol. The van der Waals surface area contributed by atoms with Gasteiger partial charge in [0, 0.05) is 11.1 Å². The van der Waals surface area contributed by atoms with Gasteiger partial charge >= 0.3 is 12.4 Å². The quantitative estimate of drug-likeness (QED) is 0.830. The monoisotopic (exact) mass is 394 g/mol. The third kappa shape index (κ3) is 3.72. The van der Waals surface area contributed by atoms with Crippen LogP contribution in [0.3, 0.4) is 0 Å². The second-order valence-corrected chi connectivity index (χ2v) is 6.53. The highest BCUT2D eigenvalue weighted by molar-refractivity contribution is 9.10. The number of alkyl halides is 3. The van der Waals surface area contributed by atoms with E-state index in [0.717, 1.165) is 18.9 Å². The first-order chi connectivity index (χ1) is 10.8. The maximum absolute atomic E-state index is 12.4. The number of benzene rings is 1. The number of urea groups is 1. The van der Waals surface area contributed by atoms with Crippen LogP contribution in [0.15, 0.2) is 22.7 Å². The number of nitrogens with one attached hydrogen (secondary N) is 1. The van der Waals surface area contributed by atoms with Gasteiger partial charge in [-0.05, 0) is 31.0 Å². The van der Waals surface area contributed by atoms with Crippen molar-refractivity contribution in [1.82, 2.24) is 4.90 Å². The van der Waals surface area contributed by atoms with E-state index in [4.69, 9.17) is 4.74 Å². The van der Waals surface area contributed by atoms with E-state index < -0.39 is 18.1 Å². The summed E-state index contributed by atoms with van der Waals surface area (Å²) in [5.41, 5.74) is -0.310. The zero-order chi connectivity index (χ0) is 16.7. The van der Waals surface area contributed by atoms with Gasteiger partial charge in [-0.15, -0.1) is 13.2 Å². The van der Waals surface area contributed by atoms with E-state index in [1.807, 2.05) is 0 Å². The van der Waals surface area contributed by atoms with Crippen molar-refractivity contribution in [3.05, 3.63) is 22.7 Å². The first-order valence-electron chi connectivity index (χ1n) is 7.02. The zero-order valence-corrected chi connectivity index (χ0v) is 13.5. The first kappa shape index (κ1) is 16.4. The molecule has 2 fully saturated rings. The number of hydrogen-bond acceptors (Lipinski definition) is 3. The molecule has 5 nitrogen and oxygen atoms in total. The summed E-state index contributed by atoms with van der Waals surface area (Å²) in [5.74, 6) is -0.457. The molecular formula is C14H14BrF3N2O3. The average Bonchev–Trinajstić information content (AvgIpc) is 2.88. The molecule has 23 heavy (non-hydrogen) atoms. The Hall–Kier alpha value is -1.48. The van der Waals surface area contributed by atoms with Crippen LogP contribution < -0.4 is 10.1 Å². The molecule has 0 aromatic heterocycles. The van der Waals surface area contributed by atoms with E-state index in [-0.39, 0.29) is 11.3 Å². The fourth-order valence-corrected chi connectivity index (χ4v) is 3.17. The van der Waals surface area contributed by atoms with Gasteiger partial charge in [0.2, 0.25) is 0 Å². The molecule has 1 N–H and O–H groups in total. The summed E-state index contributed by atoms with van der Waals surface area (Å²) in [6.45, 7) is 1.58. The van der Waals surface area contributed by atoms with Crippen LogP contribution in [0.1, 0.15) is 12.8 Å². The lowest BCUT2D eigenvalue weighted by atomic mass is 9.91. The molecule has 0 unspecified atom stereocenters. The van der Waals surface area contributed by atoms with E-state index >= 15 is 0 Å². The number of likely N-dealkylation sites (tertiary alicyclic amines) is 1. The first-order valence-corrected chi connectivity index (χ1v) is 7.81. The lowest BCUT2D eigenvalue weighted by Crippen LogP contribution is -2.63. The number of nitrogens with zero attached hydrogens (tertiary/aromatic N) is 1. The third-order valence-electron chi connectivity index (χ3n) is 3.84. The normalized spacial score (nSPS) is 19.6. The molecule has 126 valence electrons. The molecule has 0 saturated carbocycles. The summed E-state index contributed by atoms with van der Waals surface area (Å²) in [4.78, 5) is 13.7. The van der Waals surface area contributed by atoms with Crippen LogP contribution in [-0.4, -0.2) is 42.6 Å². The minimum Gasteiger partial charge on any atom is -0.404 e. The predicted molar refractivity (Wildman–Crippen MR) is 79.3 cm³/mol. The van der Waals surface area contributed by atoms with Crippen LogP contribution in [0.5, 0.6) is 5.75 Å². The van der Waals surface area contributed by atoms with Crippen molar-refractivity contribution < 1.29 is 27.4 Å². The second kappa shape index (κ2) is 5.86. The van der Waals surface area contributed by atoms with Crippen molar-refractivity contribution in [3.63, 3.8) is 0 Å². The molecule has 1 aromatic rings. The van der Waals surface area contributed by atoms with Gasteiger partial charge in [0.15, 0.2) is 5.75 Å². The van der Waals surface area contributed by atoms with Crippen LogP contribution in [-0.2, 0) is 4.74 Å². The predicted octanol–water partition coefficient (Wildman–Crippen LogP) is 3.74. The van der Waals surface area contributed by atoms with Crippen LogP contribution in [0.2, 0.25) is 0 Å². The molecule has 0 atom stereocenters. The third-order valence-corrected chi connectivity index (χ3v) is 4.33. The summed E-state index contributed by atoms with van der Waals surface area (Å²) < 4.78 is 47.3. The number of ether oxygens (including phenoxy) is 2. The van der Waals surface area contributed by atoms with Crippen LogP contribution in [0.4, 0.5) is 23.7 Å². The maximum atomic E-state index is 12.4. The van der Waals surface area contributed by atoms with Gasteiger partial charge < -0.3 is 19.7 Å². The number of carbonyl (C=O) groups is 1. The van der Waals surface area contributed by atoms with E-state index in [1.54, 1.807) is 0 Å². The van der Waals surface area contributed by atoms with Crippen molar-refractivity contribution in [2.24, 2.45) is 0 Å². The smallest absolute Gasteiger partial charge is 0.404 e. The van der Waals surface area contributed by atoms with Crippen molar-refractivity contribution in [3.8, 4) is 5.75 Å². The van der Waals surface area contributed by atoms with Gasteiger partial charge in [-0.3, -0.25) is 0 Å². The standard InChI is InChI=1S/C14H14BrF3N2O3/c15-9-2-3-11(23-14(16,17)18)10(6-9)19-12(21)20-7-13(8-20)4-1-5-22-13/h2-3,6H,1,4-5,7-8H2,(H,19,21). The summed E-state index contributed by atoms with van der Waals surface area (Å²) in [7, 11) is 0. The molecule has 2 saturated heterocycles. The highest BCUT2D eigenvalue weighted by Gasteiger charge is 2.48. The largest absolute Gasteiger partial charge is 0.573 e. The maximum Gasteiger partial charge on any atom is 0.573 e. The Balaban J connectivity index is 1.67. The molecule has 2 amide bonds. The minimum atomic E-state index is -4.83. The second-order valence-electron chi connectivity index (χ2n) is 5.61. The number of anilines is 1. The number of hydrogen-bond donors (Lipinski definition) is 1. The Morgan fingerprint density at radius 2 is 2.13 bits per heavy atom. The number of amides is 2. The minimum absolute atomic E-state index is 0.0463. The van der Waals surface area contributed by atoms with Crippen LogP contribution >= 0.6 is 15.9 Å². The van der Waals surface area contributed by atoms with Gasteiger partial charge in [0.25, 0.3) is 0 Å². The Kier molecular flexibility index (Phi) is 4.18. The molecule has 0 radical (unpaired) electrons. The zero-order valence-electron chi connectivity index (χ0n) is 12.0. The fourth-order valence-electron chi connectivity index (χ4n) is 2.81. The van der Waals surface area contributed by atoms with Crippen LogP contribution in [0, 0.1) is 0 Å². The van der Waals surface area contributed by atoms with Crippen LogP contribution in [0.25, 0.3) is 0 Å². The average molecular weight is 395 g/mol. The van der Waals surface area contributed by atoms with E-state index in [2.05, 4.69) is 26.0 Å². The van der Waals surface area contributed by atoms with Crippen molar-refractivity contribution >= 4 is 27.6 Å². The molecule has 1 spiro atoms. The Morgan fingerprint density at radius 3 is 2.74 bits per heavy atom. The molecule has 2 aliphatic heterocycles. The Bertz CT molecular complexity index is 610. The van der Waals surface area contributed by atoms with Gasteiger partial charge in [0.1, 0.15) is 5.60 Å². The van der Waals surface area contributed by atoms with Gasteiger partial charge in [-0.2, -0.15) is 0 Å². The number of rotatable bonds is 2. The molecule has 1 aromatic carbocycles. The number of carbonyl (C=O) groups excluding carboxylic acids is 1. The van der Waals surface area contributed by atoms with Gasteiger partial charge in [-0.1, -0.05) is 15.9 Å². The van der Waals surface area contributed by atoms with Crippen molar-refractivity contribution in [1.29, 1.82) is 0 Å². The van der Waals surface area contributed by atoms with Crippen molar-refractivity contribution in [2.45, 2.75) is 24.8 Å². The lowest BCUT2D eigenvalue weighted by molar-refractivity contribution is -0.274. The molecule has 2 aliphatic rings. The highest BCUT2D eigenvalue weighted by Crippen LogP contribution is 2.36. The summed E-state index contributed by atoms with van der Waals surface area (Å²) in [6, 6.07) is 3.43. The number of halogens is 4. The van der Waals surface area contributed by atoms with E-state index in [9.17, 15) is 18.0 Å². The Morgan fingerprint density at radius 1 is 1.39 bits per heavy atom.